The van der Waals surface area contributed by atoms with Crippen LogP contribution < -0.4 is 0 Å². The lowest BCUT2D eigenvalue weighted by atomic mass is 10.0. The Hall–Kier alpha value is -2.58. The van der Waals surface area contributed by atoms with E-state index in [1.807, 2.05) is 59.2 Å². The van der Waals surface area contributed by atoms with E-state index in [9.17, 15) is 4.79 Å². The van der Waals surface area contributed by atoms with Crippen LogP contribution in [0.5, 0.6) is 0 Å². The maximum atomic E-state index is 12.4. The summed E-state index contributed by atoms with van der Waals surface area (Å²) < 4.78 is 3.32. The molecular weight excluding hydrogens is 426 g/mol. The van der Waals surface area contributed by atoms with E-state index in [0.717, 1.165) is 21.4 Å². The maximum Gasteiger partial charge on any atom is 0.243 e. The number of hydrogen-bond acceptors (Lipinski definition) is 4. The zero-order valence-corrected chi connectivity index (χ0v) is 16.7. The standard InChI is InChI=1S/C19H16BrN5OS/c20-14-8-6-13(7-9-14)16-10-11-18(26)24(23-16)12-17-21-22-19(27)25(17)15-4-2-1-3-5-15/h1-9H,10-12H2,(H,22,27). The van der Waals surface area contributed by atoms with E-state index in [2.05, 4.69) is 31.2 Å². The number of nitrogens with one attached hydrogen (secondary N) is 1. The summed E-state index contributed by atoms with van der Waals surface area (Å²) in [5.74, 6) is 0.616. The maximum absolute atomic E-state index is 12.4. The van der Waals surface area contributed by atoms with Gasteiger partial charge in [0.2, 0.25) is 5.91 Å². The SMILES string of the molecule is O=C1CCC(c2ccc(Br)cc2)=NN1Cc1n[nH]c(=S)n1-c1ccccc1. The van der Waals surface area contributed by atoms with Gasteiger partial charge >= 0.3 is 0 Å². The summed E-state index contributed by atoms with van der Waals surface area (Å²) in [5, 5.41) is 13.2. The quantitative estimate of drug-likeness (QED) is 0.616. The van der Waals surface area contributed by atoms with Crippen molar-refractivity contribution in [3.8, 4) is 5.69 Å². The van der Waals surface area contributed by atoms with Gasteiger partial charge in [-0.25, -0.2) is 5.01 Å². The number of amides is 1. The van der Waals surface area contributed by atoms with Crippen LogP contribution in [0.2, 0.25) is 0 Å². The van der Waals surface area contributed by atoms with Gasteiger partial charge in [-0.1, -0.05) is 46.3 Å². The van der Waals surface area contributed by atoms with Gasteiger partial charge in [0, 0.05) is 23.0 Å². The third-order valence-electron chi connectivity index (χ3n) is 4.33. The Morgan fingerprint density at radius 1 is 1.07 bits per heavy atom. The van der Waals surface area contributed by atoms with Crippen molar-refractivity contribution in [2.24, 2.45) is 5.10 Å². The number of aromatic nitrogens is 3. The fraction of sp³-hybridized carbons (Fsp3) is 0.158. The molecule has 2 heterocycles. The highest BCUT2D eigenvalue weighted by Gasteiger charge is 2.23. The zero-order chi connectivity index (χ0) is 18.8. The van der Waals surface area contributed by atoms with Crippen LogP contribution in [-0.4, -0.2) is 31.4 Å². The summed E-state index contributed by atoms with van der Waals surface area (Å²) in [7, 11) is 0. The summed E-state index contributed by atoms with van der Waals surface area (Å²) in [6.07, 6.45) is 1.05. The van der Waals surface area contributed by atoms with Crippen LogP contribution in [0, 0.1) is 4.77 Å². The lowest BCUT2D eigenvalue weighted by Crippen LogP contribution is -2.32. The summed E-state index contributed by atoms with van der Waals surface area (Å²) in [6.45, 7) is 0.251. The first kappa shape index (κ1) is 17.8. The van der Waals surface area contributed by atoms with Crippen LogP contribution in [0.1, 0.15) is 24.2 Å². The van der Waals surface area contributed by atoms with E-state index in [0.29, 0.717) is 23.4 Å². The van der Waals surface area contributed by atoms with E-state index >= 15 is 0 Å². The third kappa shape index (κ3) is 3.77. The van der Waals surface area contributed by atoms with E-state index in [1.165, 1.54) is 5.01 Å². The molecule has 0 fully saturated rings. The molecule has 2 aromatic carbocycles. The van der Waals surface area contributed by atoms with Gasteiger partial charge in [-0.3, -0.25) is 14.5 Å². The second kappa shape index (κ2) is 7.58. The molecule has 1 aliphatic heterocycles. The molecular formula is C19H16BrN5OS. The van der Waals surface area contributed by atoms with Crippen LogP contribution in [0.4, 0.5) is 0 Å². The summed E-state index contributed by atoms with van der Waals surface area (Å²) >= 11 is 8.80. The van der Waals surface area contributed by atoms with Gasteiger partial charge in [0.15, 0.2) is 10.6 Å². The Balaban J connectivity index is 1.66. The summed E-state index contributed by atoms with van der Waals surface area (Å²) in [6, 6.07) is 17.6. The molecule has 0 bridgehead atoms. The van der Waals surface area contributed by atoms with Gasteiger partial charge in [-0.05, 0) is 42.0 Å². The molecule has 8 heteroatoms. The molecule has 4 rings (SSSR count). The summed E-state index contributed by atoms with van der Waals surface area (Å²) in [5.41, 5.74) is 2.80. The highest BCUT2D eigenvalue weighted by molar-refractivity contribution is 9.10. The van der Waals surface area contributed by atoms with Crippen molar-refractivity contribution in [2.45, 2.75) is 19.4 Å². The van der Waals surface area contributed by atoms with Gasteiger partial charge < -0.3 is 0 Å². The van der Waals surface area contributed by atoms with Gasteiger partial charge in [-0.15, -0.1) is 0 Å². The number of H-pyrrole nitrogens is 1. The highest BCUT2D eigenvalue weighted by atomic mass is 79.9. The number of hydrazone groups is 1. The first-order chi connectivity index (χ1) is 13.1. The predicted molar refractivity (Wildman–Crippen MR) is 109 cm³/mol. The molecule has 0 spiro atoms. The Bertz CT molecular complexity index is 1060. The molecule has 1 aliphatic rings. The largest absolute Gasteiger partial charge is 0.273 e. The van der Waals surface area contributed by atoms with Gasteiger partial charge in [0.1, 0.15) is 6.54 Å². The lowest BCUT2D eigenvalue weighted by Gasteiger charge is -2.23. The molecule has 0 saturated carbocycles. The molecule has 0 aliphatic carbocycles. The number of hydrogen-bond donors (Lipinski definition) is 1. The molecule has 27 heavy (non-hydrogen) atoms. The minimum Gasteiger partial charge on any atom is -0.273 e. The minimum absolute atomic E-state index is 0.0237. The molecule has 0 radical (unpaired) electrons. The molecule has 0 unspecified atom stereocenters. The molecule has 1 amide bonds. The minimum atomic E-state index is -0.0237. The number of halogens is 1. The van der Waals surface area contributed by atoms with E-state index in [4.69, 9.17) is 12.2 Å². The van der Waals surface area contributed by atoms with Crippen LogP contribution in [-0.2, 0) is 11.3 Å². The Morgan fingerprint density at radius 2 is 1.81 bits per heavy atom. The van der Waals surface area contributed by atoms with E-state index in [-0.39, 0.29) is 12.5 Å². The van der Waals surface area contributed by atoms with Crippen molar-refractivity contribution >= 4 is 39.8 Å². The number of carbonyl (C=O) groups is 1. The number of rotatable bonds is 4. The Kier molecular flexibility index (Phi) is 5.00. The first-order valence-electron chi connectivity index (χ1n) is 8.47. The van der Waals surface area contributed by atoms with E-state index < -0.39 is 0 Å². The Labute approximate surface area is 169 Å². The van der Waals surface area contributed by atoms with Crippen molar-refractivity contribution < 1.29 is 4.79 Å². The van der Waals surface area contributed by atoms with Gasteiger partial charge in [-0.2, -0.15) is 10.2 Å². The normalized spacial score (nSPS) is 14.3. The van der Waals surface area contributed by atoms with Crippen molar-refractivity contribution in [3.05, 3.63) is 75.2 Å². The molecule has 3 aromatic rings. The molecule has 1 N–H and O–H groups in total. The van der Waals surface area contributed by atoms with Gasteiger partial charge in [0.05, 0.1) is 5.71 Å². The lowest BCUT2D eigenvalue weighted by molar-refractivity contribution is -0.132. The molecule has 1 aromatic heterocycles. The van der Waals surface area contributed by atoms with Crippen LogP contribution in [0.3, 0.4) is 0 Å². The number of nitrogens with zero attached hydrogens (tertiary/aromatic N) is 4. The number of para-hydroxylation sites is 1. The van der Waals surface area contributed by atoms with Crippen molar-refractivity contribution in [2.75, 3.05) is 0 Å². The van der Waals surface area contributed by atoms with Crippen LogP contribution in [0.25, 0.3) is 5.69 Å². The molecule has 6 nitrogen and oxygen atoms in total. The second-order valence-electron chi connectivity index (χ2n) is 6.12. The van der Waals surface area contributed by atoms with Crippen molar-refractivity contribution in [3.63, 3.8) is 0 Å². The van der Waals surface area contributed by atoms with Crippen LogP contribution in [0.15, 0.2) is 64.2 Å². The highest BCUT2D eigenvalue weighted by Crippen LogP contribution is 2.20. The van der Waals surface area contributed by atoms with Gasteiger partial charge in [0.25, 0.3) is 0 Å². The Morgan fingerprint density at radius 3 is 2.56 bits per heavy atom. The average Bonchev–Trinajstić information content (AvgIpc) is 3.05. The zero-order valence-electron chi connectivity index (χ0n) is 14.3. The van der Waals surface area contributed by atoms with Crippen molar-refractivity contribution in [1.82, 2.24) is 19.8 Å². The monoisotopic (exact) mass is 441 g/mol. The summed E-state index contributed by atoms with van der Waals surface area (Å²) in [4.78, 5) is 12.4. The predicted octanol–water partition coefficient (Wildman–Crippen LogP) is 4.22. The topological polar surface area (TPSA) is 66.3 Å². The number of aromatic amines is 1. The molecule has 0 saturated heterocycles. The number of carbonyl (C=O) groups excluding carboxylic acids is 1. The molecule has 0 atom stereocenters. The third-order valence-corrected chi connectivity index (χ3v) is 5.13. The van der Waals surface area contributed by atoms with Crippen molar-refractivity contribution in [1.29, 1.82) is 0 Å². The average molecular weight is 442 g/mol. The van der Waals surface area contributed by atoms with Crippen LogP contribution >= 0.6 is 28.1 Å². The smallest absolute Gasteiger partial charge is 0.243 e. The fourth-order valence-electron chi connectivity index (χ4n) is 2.99. The van der Waals surface area contributed by atoms with E-state index in [1.54, 1.807) is 0 Å². The fourth-order valence-corrected chi connectivity index (χ4v) is 3.51. The first-order valence-corrected chi connectivity index (χ1v) is 9.67. The molecule has 136 valence electrons. The number of benzene rings is 2. The second-order valence-corrected chi connectivity index (χ2v) is 7.42.